The van der Waals surface area contributed by atoms with Crippen molar-refractivity contribution in [1.82, 2.24) is 9.55 Å². The van der Waals surface area contributed by atoms with E-state index in [0.717, 1.165) is 15.7 Å². The Kier molecular flexibility index (Phi) is 3.95. The van der Waals surface area contributed by atoms with Gasteiger partial charge in [0.1, 0.15) is 11.6 Å². The van der Waals surface area contributed by atoms with Gasteiger partial charge in [-0.1, -0.05) is 27.5 Å². The van der Waals surface area contributed by atoms with Crippen LogP contribution in [0.4, 0.5) is 4.39 Å². The SMILES string of the molecule is Cc1cc(Br)cc(-n2c(CCl)nc3cc(Cl)c(F)cc32)c1. The number of benzene rings is 2. The Balaban J connectivity index is 2.36. The van der Waals surface area contributed by atoms with Gasteiger partial charge in [0.2, 0.25) is 0 Å². The van der Waals surface area contributed by atoms with Crippen molar-refractivity contribution in [2.24, 2.45) is 0 Å². The summed E-state index contributed by atoms with van der Waals surface area (Å²) in [6.07, 6.45) is 0. The molecule has 0 aliphatic carbocycles. The Hall–Kier alpha value is -1.10. The summed E-state index contributed by atoms with van der Waals surface area (Å²) in [6.45, 7) is 1.99. The van der Waals surface area contributed by atoms with Crippen LogP contribution in [0.15, 0.2) is 34.8 Å². The van der Waals surface area contributed by atoms with Crippen molar-refractivity contribution in [3.05, 3.63) is 57.0 Å². The van der Waals surface area contributed by atoms with Crippen LogP contribution in [0.1, 0.15) is 11.4 Å². The quantitative estimate of drug-likeness (QED) is 0.521. The van der Waals surface area contributed by atoms with Crippen molar-refractivity contribution in [2.45, 2.75) is 12.8 Å². The highest BCUT2D eigenvalue weighted by molar-refractivity contribution is 9.10. The van der Waals surface area contributed by atoms with Gasteiger partial charge in [0.05, 0.1) is 21.9 Å². The number of nitrogens with zero attached hydrogens (tertiary/aromatic N) is 2. The van der Waals surface area contributed by atoms with E-state index in [1.54, 1.807) is 0 Å². The van der Waals surface area contributed by atoms with Crippen LogP contribution in [0.5, 0.6) is 0 Å². The number of fused-ring (bicyclic) bond motifs is 1. The molecule has 108 valence electrons. The van der Waals surface area contributed by atoms with Gasteiger partial charge in [-0.15, -0.1) is 11.6 Å². The monoisotopic (exact) mass is 386 g/mol. The first kappa shape index (κ1) is 14.8. The third-order valence-corrected chi connectivity index (χ3v) is 4.16. The summed E-state index contributed by atoms with van der Waals surface area (Å²) in [5.41, 5.74) is 3.22. The van der Waals surface area contributed by atoms with Crippen molar-refractivity contribution in [1.29, 1.82) is 0 Å². The van der Waals surface area contributed by atoms with E-state index in [9.17, 15) is 4.39 Å². The van der Waals surface area contributed by atoms with Gasteiger partial charge in [-0.05, 0) is 36.8 Å². The molecule has 2 nitrogen and oxygen atoms in total. The molecule has 3 rings (SSSR count). The highest BCUT2D eigenvalue weighted by Crippen LogP contribution is 2.29. The molecule has 0 atom stereocenters. The summed E-state index contributed by atoms with van der Waals surface area (Å²) >= 11 is 15.3. The van der Waals surface area contributed by atoms with E-state index in [-0.39, 0.29) is 10.9 Å². The normalized spacial score (nSPS) is 11.3. The zero-order valence-corrected chi connectivity index (χ0v) is 14.1. The van der Waals surface area contributed by atoms with Gasteiger partial charge < -0.3 is 0 Å². The molecule has 6 heteroatoms. The van der Waals surface area contributed by atoms with Gasteiger partial charge in [-0.2, -0.15) is 0 Å². The molecule has 1 heterocycles. The van der Waals surface area contributed by atoms with Crippen LogP contribution in [0, 0.1) is 12.7 Å². The van der Waals surface area contributed by atoms with Crippen LogP contribution in [0.2, 0.25) is 5.02 Å². The van der Waals surface area contributed by atoms with Crippen molar-refractivity contribution in [2.75, 3.05) is 0 Å². The number of halogens is 4. The smallest absolute Gasteiger partial charge is 0.144 e. The van der Waals surface area contributed by atoms with Crippen LogP contribution in [0.3, 0.4) is 0 Å². The lowest BCUT2D eigenvalue weighted by atomic mass is 10.2. The number of hydrogen-bond acceptors (Lipinski definition) is 1. The number of imidazole rings is 1. The van der Waals surface area contributed by atoms with Crippen LogP contribution < -0.4 is 0 Å². The van der Waals surface area contributed by atoms with Gasteiger partial charge in [0.25, 0.3) is 0 Å². The third kappa shape index (κ3) is 2.68. The lowest BCUT2D eigenvalue weighted by Crippen LogP contribution is -2.00. The van der Waals surface area contributed by atoms with E-state index in [2.05, 4.69) is 20.9 Å². The molecule has 0 saturated carbocycles. The molecule has 0 saturated heterocycles. The largest absolute Gasteiger partial charge is 0.295 e. The summed E-state index contributed by atoms with van der Waals surface area (Å²) < 4.78 is 16.6. The zero-order valence-electron chi connectivity index (χ0n) is 11.0. The number of hydrogen-bond donors (Lipinski definition) is 0. The minimum Gasteiger partial charge on any atom is -0.295 e. The van der Waals surface area contributed by atoms with Gasteiger partial charge >= 0.3 is 0 Å². The molecule has 0 unspecified atom stereocenters. The van der Waals surface area contributed by atoms with Gasteiger partial charge in [0, 0.05) is 16.2 Å². The molecule has 3 aromatic rings. The Morgan fingerprint density at radius 3 is 2.67 bits per heavy atom. The van der Waals surface area contributed by atoms with Crippen LogP contribution in [-0.4, -0.2) is 9.55 Å². The van der Waals surface area contributed by atoms with Crippen molar-refractivity contribution in [3.8, 4) is 5.69 Å². The highest BCUT2D eigenvalue weighted by Gasteiger charge is 2.15. The van der Waals surface area contributed by atoms with E-state index in [1.165, 1.54) is 12.1 Å². The topological polar surface area (TPSA) is 17.8 Å². The van der Waals surface area contributed by atoms with Gasteiger partial charge in [0.15, 0.2) is 0 Å². The lowest BCUT2D eigenvalue weighted by Gasteiger charge is -2.10. The first-order chi connectivity index (χ1) is 9.99. The predicted molar refractivity (Wildman–Crippen MR) is 88.0 cm³/mol. The summed E-state index contributed by atoms with van der Waals surface area (Å²) in [7, 11) is 0. The second-order valence-corrected chi connectivity index (χ2v) is 6.33. The molecule has 0 N–H and O–H groups in total. The zero-order chi connectivity index (χ0) is 15.1. The molecule has 0 radical (unpaired) electrons. The molecule has 2 aromatic carbocycles. The van der Waals surface area contributed by atoms with Gasteiger partial charge in [-0.3, -0.25) is 4.57 Å². The van der Waals surface area contributed by atoms with Gasteiger partial charge in [-0.25, -0.2) is 9.37 Å². The van der Waals surface area contributed by atoms with Crippen LogP contribution >= 0.6 is 39.1 Å². The van der Waals surface area contributed by atoms with Crippen molar-refractivity contribution >= 4 is 50.2 Å². The molecular formula is C15H10BrCl2FN2. The van der Waals surface area contributed by atoms with Crippen molar-refractivity contribution in [3.63, 3.8) is 0 Å². The standard InChI is InChI=1S/C15H10BrCl2FN2/c1-8-2-9(16)4-10(3-8)21-14-6-12(19)11(18)5-13(14)20-15(21)7-17/h2-6H,7H2,1H3. The second-order valence-electron chi connectivity index (χ2n) is 4.74. The predicted octanol–water partition coefficient (Wildman–Crippen LogP) is 5.63. The minimum atomic E-state index is -0.474. The molecule has 0 aliphatic rings. The second kappa shape index (κ2) is 5.59. The summed E-state index contributed by atoms with van der Waals surface area (Å²) in [5.74, 6) is 0.392. The fourth-order valence-electron chi connectivity index (χ4n) is 2.35. The first-order valence-corrected chi connectivity index (χ1v) is 7.90. The summed E-state index contributed by atoms with van der Waals surface area (Å²) in [4.78, 5) is 4.43. The van der Waals surface area contributed by atoms with Crippen LogP contribution in [-0.2, 0) is 5.88 Å². The Labute approximate surface area is 139 Å². The first-order valence-electron chi connectivity index (χ1n) is 6.19. The molecule has 0 fully saturated rings. The number of aromatic nitrogens is 2. The number of rotatable bonds is 2. The molecule has 0 aliphatic heterocycles. The Bertz CT molecular complexity index is 825. The van der Waals surface area contributed by atoms with E-state index in [0.29, 0.717) is 16.9 Å². The average Bonchev–Trinajstić information content (AvgIpc) is 2.75. The molecule has 0 spiro atoms. The van der Waals surface area contributed by atoms with Crippen LogP contribution in [0.25, 0.3) is 16.7 Å². The molecule has 21 heavy (non-hydrogen) atoms. The summed E-state index contributed by atoms with van der Waals surface area (Å²) in [6, 6.07) is 8.84. The van der Waals surface area contributed by atoms with E-state index < -0.39 is 5.82 Å². The Morgan fingerprint density at radius 1 is 1.24 bits per heavy atom. The molecule has 1 aromatic heterocycles. The molecule has 0 bridgehead atoms. The fourth-order valence-corrected chi connectivity index (χ4v) is 3.28. The van der Waals surface area contributed by atoms with E-state index in [4.69, 9.17) is 23.2 Å². The summed E-state index contributed by atoms with van der Waals surface area (Å²) in [5, 5.41) is 0.0543. The lowest BCUT2D eigenvalue weighted by molar-refractivity contribution is 0.629. The maximum Gasteiger partial charge on any atom is 0.144 e. The number of alkyl halides is 1. The van der Waals surface area contributed by atoms with E-state index in [1.807, 2.05) is 29.7 Å². The Morgan fingerprint density at radius 2 is 2.00 bits per heavy atom. The maximum atomic E-state index is 13.8. The number of aryl methyl sites for hydroxylation is 1. The van der Waals surface area contributed by atoms with Crippen molar-refractivity contribution < 1.29 is 4.39 Å². The fraction of sp³-hybridized carbons (Fsp3) is 0.133. The molecular weight excluding hydrogens is 378 g/mol. The maximum absolute atomic E-state index is 13.8. The highest BCUT2D eigenvalue weighted by atomic mass is 79.9. The minimum absolute atomic E-state index is 0.0543. The third-order valence-electron chi connectivity index (χ3n) is 3.17. The molecule has 0 amide bonds. The van der Waals surface area contributed by atoms with E-state index >= 15 is 0 Å². The average molecular weight is 388 g/mol.